The van der Waals surface area contributed by atoms with Gasteiger partial charge < -0.3 is 5.32 Å². The molecule has 20 heavy (non-hydrogen) atoms. The number of anilines is 1. The average molecular weight is 296 g/mol. The Balaban J connectivity index is 2.18. The van der Waals surface area contributed by atoms with Crippen molar-refractivity contribution in [1.82, 2.24) is 4.98 Å². The zero-order chi connectivity index (χ0) is 14.7. The molecule has 5 nitrogen and oxygen atoms in total. The van der Waals surface area contributed by atoms with Crippen molar-refractivity contribution < 1.29 is 9.31 Å². The Kier molecular flexibility index (Phi) is 4.14. The highest BCUT2D eigenvalue weighted by Gasteiger charge is 2.15. The van der Waals surface area contributed by atoms with Crippen molar-refractivity contribution in [3.8, 4) is 0 Å². The summed E-state index contributed by atoms with van der Waals surface area (Å²) in [5, 5.41) is 13.8. The molecule has 0 aliphatic heterocycles. The lowest BCUT2D eigenvalue weighted by Gasteiger charge is -2.07. The first-order valence-corrected chi connectivity index (χ1v) is 6.14. The van der Waals surface area contributed by atoms with E-state index in [9.17, 15) is 14.5 Å². The summed E-state index contributed by atoms with van der Waals surface area (Å²) in [5.74, 6) is -0.337. The van der Waals surface area contributed by atoms with Crippen LogP contribution < -0.4 is 5.32 Å². The van der Waals surface area contributed by atoms with E-state index in [0.29, 0.717) is 11.1 Å². The third-order valence-electron chi connectivity index (χ3n) is 2.64. The van der Waals surface area contributed by atoms with Gasteiger partial charge in [0.15, 0.2) is 0 Å². The van der Waals surface area contributed by atoms with Crippen LogP contribution in [0.3, 0.4) is 0 Å². The van der Waals surface area contributed by atoms with E-state index in [1.165, 1.54) is 24.4 Å². The van der Waals surface area contributed by atoms with Crippen molar-refractivity contribution >= 4 is 23.1 Å². The zero-order valence-corrected chi connectivity index (χ0v) is 11.3. The van der Waals surface area contributed by atoms with Crippen molar-refractivity contribution in [3.05, 3.63) is 62.5 Å². The molecule has 0 atom stereocenters. The summed E-state index contributed by atoms with van der Waals surface area (Å²) in [6, 6.07) is 5.70. The Labute approximate surface area is 119 Å². The van der Waals surface area contributed by atoms with E-state index in [2.05, 4.69) is 10.3 Å². The lowest BCUT2D eigenvalue weighted by Crippen LogP contribution is -2.05. The molecule has 1 aromatic carbocycles. The number of aromatic nitrogens is 1. The summed E-state index contributed by atoms with van der Waals surface area (Å²) >= 11 is 5.67. The number of hydrogen-bond acceptors (Lipinski definition) is 4. The van der Waals surface area contributed by atoms with Crippen molar-refractivity contribution in [1.29, 1.82) is 0 Å². The largest absolute Gasteiger partial charge is 0.360 e. The van der Waals surface area contributed by atoms with Crippen LogP contribution >= 0.6 is 11.6 Å². The van der Waals surface area contributed by atoms with Crippen LogP contribution in [0.25, 0.3) is 0 Å². The maximum Gasteiger partial charge on any atom is 0.311 e. The van der Waals surface area contributed by atoms with Gasteiger partial charge >= 0.3 is 5.69 Å². The summed E-state index contributed by atoms with van der Waals surface area (Å²) in [4.78, 5) is 14.4. The van der Waals surface area contributed by atoms with Crippen LogP contribution in [0.15, 0.2) is 30.5 Å². The molecule has 1 heterocycles. The second-order valence-corrected chi connectivity index (χ2v) is 4.65. The molecule has 1 aromatic heterocycles. The maximum atomic E-state index is 13.0. The maximum absolute atomic E-state index is 13.0. The molecule has 2 aromatic rings. The standard InChI is InChI=1S/C13H11ClFN3O2/c1-8-4-12(18(19)20)13(16-6-8)17-7-9-2-3-11(15)10(14)5-9/h2-6H,7H2,1H3,(H,16,17). The molecule has 0 spiro atoms. The van der Waals surface area contributed by atoms with E-state index in [-0.39, 0.29) is 23.1 Å². The summed E-state index contributed by atoms with van der Waals surface area (Å²) in [7, 11) is 0. The van der Waals surface area contributed by atoms with E-state index in [1.807, 2.05) is 0 Å². The van der Waals surface area contributed by atoms with Gasteiger partial charge in [0.05, 0.1) is 9.95 Å². The SMILES string of the molecule is Cc1cnc(NCc2ccc(F)c(Cl)c2)c([N+](=O)[O-])c1. The van der Waals surface area contributed by atoms with Crippen molar-refractivity contribution in [3.63, 3.8) is 0 Å². The van der Waals surface area contributed by atoms with E-state index >= 15 is 0 Å². The molecule has 0 unspecified atom stereocenters. The number of hydrogen-bond donors (Lipinski definition) is 1. The van der Waals surface area contributed by atoms with Crippen LogP contribution in [0.5, 0.6) is 0 Å². The van der Waals surface area contributed by atoms with Crippen LogP contribution in [0, 0.1) is 22.9 Å². The minimum atomic E-state index is -0.505. The third-order valence-corrected chi connectivity index (χ3v) is 2.93. The number of benzene rings is 1. The van der Waals surface area contributed by atoms with Gasteiger partial charge in [-0.3, -0.25) is 10.1 Å². The van der Waals surface area contributed by atoms with Gasteiger partial charge in [0, 0.05) is 18.8 Å². The predicted molar refractivity (Wildman–Crippen MR) is 74.4 cm³/mol. The van der Waals surface area contributed by atoms with Gasteiger partial charge in [-0.1, -0.05) is 17.7 Å². The fraction of sp³-hybridized carbons (Fsp3) is 0.154. The van der Waals surface area contributed by atoms with Crippen LogP contribution in [0.4, 0.5) is 15.9 Å². The van der Waals surface area contributed by atoms with Gasteiger partial charge in [-0.15, -0.1) is 0 Å². The number of rotatable bonds is 4. The summed E-state index contributed by atoms with van der Waals surface area (Å²) in [5.41, 5.74) is 1.30. The van der Waals surface area contributed by atoms with Crippen molar-refractivity contribution in [2.45, 2.75) is 13.5 Å². The summed E-state index contributed by atoms with van der Waals surface area (Å²) in [6.07, 6.45) is 1.53. The van der Waals surface area contributed by atoms with Crippen LogP contribution in [-0.4, -0.2) is 9.91 Å². The fourth-order valence-electron chi connectivity index (χ4n) is 1.66. The Morgan fingerprint density at radius 1 is 1.45 bits per heavy atom. The third kappa shape index (κ3) is 3.21. The molecule has 7 heteroatoms. The highest BCUT2D eigenvalue weighted by molar-refractivity contribution is 6.30. The number of nitro groups is 1. The van der Waals surface area contributed by atoms with Crippen LogP contribution in [0.1, 0.15) is 11.1 Å². The Hall–Kier alpha value is -2.21. The second kappa shape index (κ2) is 5.83. The van der Waals surface area contributed by atoms with Crippen LogP contribution in [-0.2, 0) is 6.54 Å². The number of halogens is 2. The molecule has 0 fully saturated rings. The first-order chi connectivity index (χ1) is 9.47. The van der Waals surface area contributed by atoms with Gasteiger partial charge in [0.25, 0.3) is 0 Å². The van der Waals surface area contributed by atoms with Gasteiger partial charge in [0.1, 0.15) is 5.82 Å². The van der Waals surface area contributed by atoms with Crippen molar-refractivity contribution in [2.24, 2.45) is 0 Å². The molecule has 0 aliphatic rings. The lowest BCUT2D eigenvalue weighted by atomic mass is 10.2. The molecule has 0 saturated carbocycles. The molecule has 0 bridgehead atoms. The molecule has 0 radical (unpaired) electrons. The van der Waals surface area contributed by atoms with Crippen LogP contribution in [0.2, 0.25) is 5.02 Å². The van der Waals surface area contributed by atoms with E-state index in [1.54, 1.807) is 13.0 Å². The Morgan fingerprint density at radius 2 is 2.20 bits per heavy atom. The molecule has 2 rings (SSSR count). The molecule has 0 saturated heterocycles. The highest BCUT2D eigenvalue weighted by atomic mass is 35.5. The second-order valence-electron chi connectivity index (χ2n) is 4.24. The normalized spacial score (nSPS) is 10.3. The Morgan fingerprint density at radius 3 is 2.85 bits per heavy atom. The molecule has 104 valence electrons. The van der Waals surface area contributed by atoms with E-state index in [0.717, 1.165) is 0 Å². The number of pyridine rings is 1. The van der Waals surface area contributed by atoms with E-state index in [4.69, 9.17) is 11.6 Å². The fourth-order valence-corrected chi connectivity index (χ4v) is 1.87. The molecule has 1 N–H and O–H groups in total. The Bertz CT molecular complexity index is 664. The molecule has 0 aliphatic carbocycles. The average Bonchev–Trinajstić information content (AvgIpc) is 2.41. The molecular weight excluding hydrogens is 285 g/mol. The van der Waals surface area contributed by atoms with Crippen molar-refractivity contribution in [2.75, 3.05) is 5.32 Å². The zero-order valence-electron chi connectivity index (χ0n) is 10.6. The number of nitrogens with one attached hydrogen (secondary N) is 1. The first kappa shape index (κ1) is 14.2. The van der Waals surface area contributed by atoms with Gasteiger partial charge in [-0.05, 0) is 30.2 Å². The predicted octanol–water partition coefficient (Wildman–Crippen LogP) is 3.70. The van der Waals surface area contributed by atoms with Gasteiger partial charge in [0.2, 0.25) is 5.82 Å². The van der Waals surface area contributed by atoms with Gasteiger partial charge in [-0.25, -0.2) is 9.37 Å². The minimum absolute atomic E-state index is 0.00988. The molecular formula is C13H11ClFN3O2. The lowest BCUT2D eigenvalue weighted by molar-refractivity contribution is -0.384. The smallest absolute Gasteiger partial charge is 0.311 e. The highest BCUT2D eigenvalue weighted by Crippen LogP contribution is 2.23. The first-order valence-electron chi connectivity index (χ1n) is 5.76. The number of nitrogens with zero attached hydrogens (tertiary/aromatic N) is 2. The van der Waals surface area contributed by atoms with Gasteiger partial charge in [-0.2, -0.15) is 0 Å². The minimum Gasteiger partial charge on any atom is -0.360 e. The summed E-state index contributed by atoms with van der Waals surface area (Å²) in [6.45, 7) is 1.99. The topological polar surface area (TPSA) is 68.1 Å². The summed E-state index contributed by atoms with van der Waals surface area (Å²) < 4.78 is 13.0. The molecule has 0 amide bonds. The quantitative estimate of drug-likeness (QED) is 0.690. The number of aryl methyl sites for hydroxylation is 1. The monoisotopic (exact) mass is 295 g/mol. The van der Waals surface area contributed by atoms with E-state index < -0.39 is 10.7 Å².